The molecule has 4 heteroatoms. The van der Waals surface area contributed by atoms with E-state index in [1.165, 1.54) is 18.2 Å². The van der Waals surface area contributed by atoms with Gasteiger partial charge in [-0.1, -0.05) is 31.2 Å². The van der Waals surface area contributed by atoms with E-state index in [0.717, 1.165) is 30.5 Å². The van der Waals surface area contributed by atoms with Gasteiger partial charge in [-0.3, -0.25) is 4.79 Å². The Morgan fingerprint density at radius 3 is 2.48 bits per heavy atom. The number of fused-ring (bicyclic) bond motifs is 1. The van der Waals surface area contributed by atoms with E-state index in [1.807, 2.05) is 17.0 Å². The molecule has 0 aromatic heterocycles. The highest BCUT2D eigenvalue weighted by molar-refractivity contribution is 5.97. The van der Waals surface area contributed by atoms with Crippen molar-refractivity contribution in [2.45, 2.75) is 32.6 Å². The van der Waals surface area contributed by atoms with Crippen LogP contribution in [0, 0.1) is 0 Å². The van der Waals surface area contributed by atoms with Crippen LogP contribution in [0.25, 0.3) is 0 Å². The van der Waals surface area contributed by atoms with E-state index in [0.29, 0.717) is 18.5 Å². The second-order valence-electron chi connectivity index (χ2n) is 6.30. The van der Waals surface area contributed by atoms with Gasteiger partial charge in [-0.05, 0) is 54.2 Å². The monoisotopic (exact) mass is 337 g/mol. The van der Waals surface area contributed by atoms with Crippen molar-refractivity contribution >= 4 is 17.6 Å². The molecule has 0 atom stereocenters. The first kappa shape index (κ1) is 17.2. The van der Waals surface area contributed by atoms with Gasteiger partial charge in [0.05, 0.1) is 12.7 Å². The Bertz CT molecular complexity index is 780. The van der Waals surface area contributed by atoms with E-state index >= 15 is 0 Å². The number of esters is 1. The summed E-state index contributed by atoms with van der Waals surface area (Å²) in [6.07, 6.45) is 3.03. The number of benzene rings is 2. The standard InChI is InChI=1S/C21H23NO3/c1-3-15-4-6-16(7-5-15)8-11-20(23)22-13-12-17-14-18(21(24)25-2)9-10-19(17)22/h4-7,9-10,14H,3,8,11-13H2,1-2H3. The van der Waals surface area contributed by atoms with Crippen molar-refractivity contribution in [1.29, 1.82) is 0 Å². The van der Waals surface area contributed by atoms with E-state index in [4.69, 9.17) is 4.74 Å². The van der Waals surface area contributed by atoms with Crippen LogP contribution in [0.2, 0.25) is 0 Å². The molecule has 2 aromatic rings. The molecule has 1 aliphatic heterocycles. The first-order chi connectivity index (χ1) is 12.1. The van der Waals surface area contributed by atoms with Crippen molar-refractivity contribution in [3.05, 3.63) is 64.7 Å². The normalized spacial score (nSPS) is 12.8. The lowest BCUT2D eigenvalue weighted by Gasteiger charge is -2.17. The molecule has 0 fully saturated rings. The fraction of sp³-hybridized carbons (Fsp3) is 0.333. The molecule has 1 amide bonds. The number of anilines is 1. The lowest BCUT2D eigenvalue weighted by Crippen LogP contribution is -2.29. The van der Waals surface area contributed by atoms with Crippen LogP contribution in [0.15, 0.2) is 42.5 Å². The molecule has 25 heavy (non-hydrogen) atoms. The fourth-order valence-corrected chi connectivity index (χ4v) is 3.23. The fourth-order valence-electron chi connectivity index (χ4n) is 3.23. The maximum Gasteiger partial charge on any atom is 0.337 e. The maximum absolute atomic E-state index is 12.6. The first-order valence-electron chi connectivity index (χ1n) is 8.71. The van der Waals surface area contributed by atoms with Crippen LogP contribution in [-0.4, -0.2) is 25.5 Å². The van der Waals surface area contributed by atoms with Gasteiger partial charge in [0.2, 0.25) is 5.91 Å². The predicted molar refractivity (Wildman–Crippen MR) is 98.0 cm³/mol. The molecule has 130 valence electrons. The Kier molecular flexibility index (Phi) is 5.17. The minimum Gasteiger partial charge on any atom is -0.465 e. The number of carbonyl (C=O) groups excluding carboxylic acids is 2. The third kappa shape index (κ3) is 3.73. The van der Waals surface area contributed by atoms with Crippen molar-refractivity contribution in [2.75, 3.05) is 18.6 Å². The van der Waals surface area contributed by atoms with Crippen LogP contribution < -0.4 is 4.90 Å². The average molecular weight is 337 g/mol. The van der Waals surface area contributed by atoms with Gasteiger partial charge in [0.1, 0.15) is 0 Å². The van der Waals surface area contributed by atoms with Crippen molar-refractivity contribution in [3.8, 4) is 0 Å². The van der Waals surface area contributed by atoms with Crippen LogP contribution in [0.3, 0.4) is 0 Å². The maximum atomic E-state index is 12.6. The number of aryl methyl sites for hydroxylation is 2. The quantitative estimate of drug-likeness (QED) is 0.784. The Hall–Kier alpha value is -2.62. The molecular weight excluding hydrogens is 314 g/mol. The molecule has 0 unspecified atom stereocenters. The van der Waals surface area contributed by atoms with Crippen LogP contribution in [0.5, 0.6) is 0 Å². The highest BCUT2D eigenvalue weighted by atomic mass is 16.5. The van der Waals surface area contributed by atoms with Crippen molar-refractivity contribution in [3.63, 3.8) is 0 Å². The third-order valence-corrected chi connectivity index (χ3v) is 4.76. The van der Waals surface area contributed by atoms with E-state index < -0.39 is 0 Å². The zero-order valence-electron chi connectivity index (χ0n) is 14.7. The summed E-state index contributed by atoms with van der Waals surface area (Å²) in [5.41, 5.74) is 4.98. The summed E-state index contributed by atoms with van der Waals surface area (Å²) in [4.78, 5) is 26.1. The molecule has 0 aliphatic carbocycles. The summed E-state index contributed by atoms with van der Waals surface area (Å²) >= 11 is 0. The topological polar surface area (TPSA) is 46.6 Å². The number of carbonyl (C=O) groups is 2. The largest absolute Gasteiger partial charge is 0.465 e. The third-order valence-electron chi connectivity index (χ3n) is 4.76. The van der Waals surface area contributed by atoms with Crippen LogP contribution in [-0.2, 0) is 28.8 Å². The molecule has 1 aliphatic rings. The zero-order chi connectivity index (χ0) is 17.8. The second-order valence-corrected chi connectivity index (χ2v) is 6.30. The molecule has 4 nitrogen and oxygen atoms in total. The Morgan fingerprint density at radius 1 is 1.08 bits per heavy atom. The van der Waals surface area contributed by atoms with Crippen LogP contribution in [0.1, 0.15) is 40.4 Å². The van der Waals surface area contributed by atoms with Gasteiger partial charge < -0.3 is 9.64 Å². The summed E-state index contributed by atoms with van der Waals surface area (Å²) < 4.78 is 4.75. The SMILES string of the molecule is CCc1ccc(CCC(=O)N2CCc3cc(C(=O)OC)ccc32)cc1. The van der Waals surface area contributed by atoms with Gasteiger partial charge in [0.15, 0.2) is 0 Å². The number of hydrogen-bond donors (Lipinski definition) is 0. The lowest BCUT2D eigenvalue weighted by atomic mass is 10.1. The number of rotatable bonds is 5. The van der Waals surface area contributed by atoms with Crippen LogP contribution >= 0.6 is 0 Å². The van der Waals surface area contributed by atoms with E-state index in [9.17, 15) is 9.59 Å². The van der Waals surface area contributed by atoms with Gasteiger partial charge in [0.25, 0.3) is 0 Å². The summed E-state index contributed by atoms with van der Waals surface area (Å²) in [6, 6.07) is 13.9. The van der Waals surface area contributed by atoms with Crippen molar-refractivity contribution < 1.29 is 14.3 Å². The van der Waals surface area contributed by atoms with Gasteiger partial charge in [0, 0.05) is 18.7 Å². The predicted octanol–water partition coefficient (Wildman–Crippen LogP) is 3.56. The van der Waals surface area contributed by atoms with E-state index in [-0.39, 0.29) is 11.9 Å². The van der Waals surface area contributed by atoms with Gasteiger partial charge in [-0.25, -0.2) is 4.79 Å². The van der Waals surface area contributed by atoms with Gasteiger partial charge in [-0.15, -0.1) is 0 Å². The highest BCUT2D eigenvalue weighted by Crippen LogP contribution is 2.29. The van der Waals surface area contributed by atoms with E-state index in [1.54, 1.807) is 6.07 Å². The lowest BCUT2D eigenvalue weighted by molar-refractivity contribution is -0.118. The average Bonchev–Trinajstić information content (AvgIpc) is 3.09. The molecule has 0 N–H and O–H groups in total. The molecule has 0 spiro atoms. The van der Waals surface area contributed by atoms with E-state index in [2.05, 4.69) is 31.2 Å². The number of hydrogen-bond acceptors (Lipinski definition) is 3. The summed E-state index contributed by atoms with van der Waals surface area (Å²) in [5, 5.41) is 0. The van der Waals surface area contributed by atoms with Crippen LogP contribution in [0.4, 0.5) is 5.69 Å². The van der Waals surface area contributed by atoms with Crippen molar-refractivity contribution in [2.24, 2.45) is 0 Å². The molecule has 0 saturated carbocycles. The minimum absolute atomic E-state index is 0.129. The van der Waals surface area contributed by atoms with Crippen molar-refractivity contribution in [1.82, 2.24) is 0 Å². The smallest absolute Gasteiger partial charge is 0.337 e. The number of ether oxygens (including phenoxy) is 1. The second kappa shape index (κ2) is 7.51. The summed E-state index contributed by atoms with van der Waals surface area (Å²) in [7, 11) is 1.37. The molecule has 3 rings (SSSR count). The molecule has 2 aromatic carbocycles. The number of methoxy groups -OCH3 is 1. The summed E-state index contributed by atoms with van der Waals surface area (Å²) in [6.45, 7) is 2.81. The number of nitrogens with zero attached hydrogens (tertiary/aromatic N) is 1. The summed E-state index contributed by atoms with van der Waals surface area (Å²) in [5.74, 6) is -0.216. The first-order valence-corrected chi connectivity index (χ1v) is 8.71. The number of amides is 1. The zero-order valence-corrected chi connectivity index (χ0v) is 14.7. The minimum atomic E-state index is -0.344. The van der Waals surface area contributed by atoms with Gasteiger partial charge >= 0.3 is 5.97 Å². The Morgan fingerprint density at radius 2 is 1.80 bits per heavy atom. The molecule has 0 bridgehead atoms. The van der Waals surface area contributed by atoms with Gasteiger partial charge in [-0.2, -0.15) is 0 Å². The molecule has 1 heterocycles. The molecule has 0 radical (unpaired) electrons. The molecular formula is C21H23NO3. The highest BCUT2D eigenvalue weighted by Gasteiger charge is 2.25. The molecule has 0 saturated heterocycles. The Labute approximate surface area is 148 Å². The Balaban J connectivity index is 1.65.